The average molecular weight is 337 g/mol. The molecule has 0 aromatic heterocycles. The Balaban J connectivity index is 4.15. The molecule has 2 radical (unpaired) electrons. The molecule has 0 aliphatic rings. The van der Waals surface area contributed by atoms with Crippen molar-refractivity contribution >= 4 is 35.3 Å². The topological polar surface area (TPSA) is 26.3 Å². The monoisotopic (exact) mass is 338 g/mol. The van der Waals surface area contributed by atoms with Gasteiger partial charge in [0, 0.05) is 0 Å². The van der Waals surface area contributed by atoms with Crippen molar-refractivity contribution in [1.29, 1.82) is 0 Å². The van der Waals surface area contributed by atoms with Crippen LogP contribution in [0.4, 0.5) is 0 Å². The Hall–Kier alpha value is 0.299. The number of hydrogen-bond acceptors (Lipinski definition) is 2. The van der Waals surface area contributed by atoms with E-state index in [-0.39, 0.29) is 5.97 Å². The van der Waals surface area contributed by atoms with Crippen molar-refractivity contribution in [2.75, 3.05) is 0 Å². The zero-order chi connectivity index (χ0) is 11.5. The number of carbonyl (C=O) groups excluding carboxylic acids is 1. The van der Waals surface area contributed by atoms with Crippen LogP contribution >= 0.6 is 8.92 Å². The van der Waals surface area contributed by atoms with Gasteiger partial charge < -0.3 is 0 Å². The molecule has 0 heterocycles. The van der Waals surface area contributed by atoms with Gasteiger partial charge in [-0.05, 0) is 0 Å². The molecule has 0 saturated carbocycles. The van der Waals surface area contributed by atoms with Gasteiger partial charge in [0.15, 0.2) is 0 Å². The average Bonchev–Trinajstić information content (AvgIpc) is 2.23. The molecule has 0 unspecified atom stereocenters. The first-order valence-corrected chi connectivity index (χ1v) is 10.3. The summed E-state index contributed by atoms with van der Waals surface area (Å²) in [5.74, 6) is -0.179. The third-order valence-corrected chi connectivity index (χ3v) is 3.41. The van der Waals surface area contributed by atoms with E-state index in [1.165, 1.54) is 0 Å². The van der Waals surface area contributed by atoms with E-state index >= 15 is 0 Å². The number of unbranched alkanes of at least 4 members (excludes halogenated alkanes) is 3. The summed E-state index contributed by atoms with van der Waals surface area (Å²) in [5.41, 5.74) is 0.826. The van der Waals surface area contributed by atoms with E-state index < -0.39 is 20.4 Å². The van der Waals surface area contributed by atoms with Crippen LogP contribution in [0.3, 0.4) is 0 Å². The second-order valence-corrected chi connectivity index (χ2v) is 5.50. The SMILES string of the molecule is CCCCC=C(CCCC)C(=O)[O][Sn][Cl]. The second-order valence-electron chi connectivity index (χ2n) is 3.44. The number of allylic oxidation sites excluding steroid dienone is 1. The molecule has 0 saturated heterocycles. The molecule has 2 nitrogen and oxygen atoms in total. The van der Waals surface area contributed by atoms with E-state index in [9.17, 15) is 4.79 Å². The fourth-order valence-corrected chi connectivity index (χ4v) is 2.28. The van der Waals surface area contributed by atoms with Crippen molar-refractivity contribution in [3.8, 4) is 0 Å². The molecule has 0 aliphatic heterocycles. The summed E-state index contributed by atoms with van der Waals surface area (Å²) < 4.78 is 4.96. The van der Waals surface area contributed by atoms with Crippen molar-refractivity contribution in [2.24, 2.45) is 0 Å². The molecule has 4 heteroatoms. The van der Waals surface area contributed by atoms with Crippen LogP contribution in [0.2, 0.25) is 0 Å². The second kappa shape index (κ2) is 10.8. The zero-order valence-corrected chi connectivity index (χ0v) is 13.1. The first-order chi connectivity index (χ1) is 7.26. The predicted molar refractivity (Wildman–Crippen MR) is 64.8 cm³/mol. The molecule has 0 aromatic carbocycles. The Bertz CT molecular complexity index is 205. The van der Waals surface area contributed by atoms with Crippen molar-refractivity contribution in [3.05, 3.63) is 11.6 Å². The van der Waals surface area contributed by atoms with Crippen molar-refractivity contribution in [1.82, 2.24) is 0 Å². The van der Waals surface area contributed by atoms with Crippen LogP contribution in [-0.4, -0.2) is 26.4 Å². The van der Waals surface area contributed by atoms with Crippen molar-refractivity contribution < 1.29 is 7.87 Å². The first kappa shape index (κ1) is 15.3. The molecule has 0 atom stereocenters. The van der Waals surface area contributed by atoms with Crippen LogP contribution in [-0.2, 0) is 7.87 Å². The summed E-state index contributed by atoms with van der Waals surface area (Å²) in [6.45, 7) is 4.26. The van der Waals surface area contributed by atoms with Gasteiger partial charge in [-0.15, -0.1) is 0 Å². The molecule has 0 aromatic rings. The zero-order valence-electron chi connectivity index (χ0n) is 9.51. The predicted octanol–water partition coefficient (Wildman–Crippen LogP) is 3.61. The van der Waals surface area contributed by atoms with Gasteiger partial charge in [0.2, 0.25) is 0 Å². The number of hydrogen-bond donors (Lipinski definition) is 0. The Kier molecular flexibility index (Phi) is 11.0. The maximum absolute atomic E-state index is 11.5. The van der Waals surface area contributed by atoms with Crippen LogP contribution in [0.25, 0.3) is 0 Å². The molecular formula is C11H19ClO2Sn. The molecule has 0 fully saturated rings. The summed E-state index contributed by atoms with van der Waals surface area (Å²) in [4.78, 5) is 11.5. The minimum absolute atomic E-state index is 0.179. The normalized spacial score (nSPS) is 11.5. The molecule has 0 bridgehead atoms. The van der Waals surface area contributed by atoms with Crippen LogP contribution in [0, 0.1) is 0 Å². The van der Waals surface area contributed by atoms with E-state index in [1.54, 1.807) is 0 Å². The molecule has 0 rings (SSSR count). The first-order valence-electron chi connectivity index (χ1n) is 5.52. The molecule has 15 heavy (non-hydrogen) atoms. The van der Waals surface area contributed by atoms with Crippen LogP contribution in [0.15, 0.2) is 11.6 Å². The number of halogens is 1. The van der Waals surface area contributed by atoms with Crippen LogP contribution < -0.4 is 0 Å². The van der Waals surface area contributed by atoms with E-state index in [4.69, 9.17) is 12.0 Å². The Morgan fingerprint density at radius 1 is 1.33 bits per heavy atom. The third-order valence-electron chi connectivity index (χ3n) is 2.14. The molecule has 0 N–H and O–H groups in total. The maximum atomic E-state index is 11.5. The number of rotatable bonds is 8. The van der Waals surface area contributed by atoms with Gasteiger partial charge in [0.1, 0.15) is 0 Å². The van der Waals surface area contributed by atoms with Gasteiger partial charge in [-0.1, -0.05) is 0 Å². The summed E-state index contributed by atoms with van der Waals surface area (Å²) in [6, 6.07) is 0. The van der Waals surface area contributed by atoms with Gasteiger partial charge in [0.05, 0.1) is 0 Å². The van der Waals surface area contributed by atoms with E-state index in [0.29, 0.717) is 0 Å². The summed E-state index contributed by atoms with van der Waals surface area (Å²) in [5, 5.41) is 0. The van der Waals surface area contributed by atoms with Crippen LogP contribution in [0.1, 0.15) is 52.4 Å². The standard InChI is InChI=1S/C11H20O2.ClH.Sn/c1-3-5-7-9-10(11(12)13)8-6-4-2;;/h9H,3-8H2,1-2H3,(H,12,13);1H;/q;;+2/p-2. The minimum atomic E-state index is -1.39. The van der Waals surface area contributed by atoms with Gasteiger partial charge in [-0.25, -0.2) is 0 Å². The van der Waals surface area contributed by atoms with Gasteiger partial charge >= 0.3 is 107 Å². The molecule has 0 amide bonds. The van der Waals surface area contributed by atoms with Crippen LogP contribution in [0.5, 0.6) is 0 Å². The van der Waals surface area contributed by atoms with Gasteiger partial charge in [-0.3, -0.25) is 0 Å². The quantitative estimate of drug-likeness (QED) is 0.384. The van der Waals surface area contributed by atoms with E-state index in [2.05, 4.69) is 13.8 Å². The summed E-state index contributed by atoms with van der Waals surface area (Å²) in [6.07, 6.45) is 8.24. The molecular weight excluding hydrogens is 318 g/mol. The molecule has 0 aliphatic carbocycles. The van der Waals surface area contributed by atoms with E-state index in [1.807, 2.05) is 6.08 Å². The fourth-order valence-electron chi connectivity index (χ4n) is 1.24. The molecule has 86 valence electrons. The fraction of sp³-hybridized carbons (Fsp3) is 0.727. The number of carbonyl (C=O) groups is 1. The molecule has 0 spiro atoms. The Morgan fingerprint density at radius 2 is 2.00 bits per heavy atom. The van der Waals surface area contributed by atoms with Gasteiger partial charge in [-0.2, -0.15) is 0 Å². The Labute approximate surface area is 107 Å². The Morgan fingerprint density at radius 3 is 2.53 bits per heavy atom. The summed E-state index contributed by atoms with van der Waals surface area (Å²) in [7, 11) is 5.54. The van der Waals surface area contributed by atoms with Gasteiger partial charge in [0.25, 0.3) is 0 Å². The van der Waals surface area contributed by atoms with E-state index in [0.717, 1.165) is 44.1 Å². The van der Waals surface area contributed by atoms with Crippen molar-refractivity contribution in [2.45, 2.75) is 52.4 Å². The third kappa shape index (κ3) is 8.14. The van der Waals surface area contributed by atoms with Crippen molar-refractivity contribution in [3.63, 3.8) is 0 Å². The summed E-state index contributed by atoms with van der Waals surface area (Å²) >= 11 is -1.39.